The maximum Gasteiger partial charge on any atom is 0.340 e. The number of carbonyl (C=O) groups excluding carboxylic acids is 1. The molecule has 1 atom stereocenters. The van der Waals surface area contributed by atoms with Gasteiger partial charge in [0.2, 0.25) is 0 Å². The van der Waals surface area contributed by atoms with Crippen LogP contribution >= 0.6 is 0 Å². The lowest BCUT2D eigenvalue weighted by atomic mass is 10.1. The minimum Gasteiger partial charge on any atom is -0.463 e. The van der Waals surface area contributed by atoms with Crippen LogP contribution in [0.1, 0.15) is 50.7 Å². The van der Waals surface area contributed by atoms with E-state index in [1.807, 2.05) is 5.01 Å². The molecule has 1 saturated heterocycles. The van der Waals surface area contributed by atoms with E-state index in [-0.39, 0.29) is 17.9 Å². The second kappa shape index (κ2) is 9.60. The summed E-state index contributed by atoms with van der Waals surface area (Å²) in [5.74, 6) is 0.731. The van der Waals surface area contributed by atoms with Crippen LogP contribution in [0.4, 0.5) is 22.1 Å². The van der Waals surface area contributed by atoms with Crippen LogP contribution in [0.5, 0.6) is 6.01 Å². The van der Waals surface area contributed by atoms with Crippen molar-refractivity contribution in [1.82, 2.24) is 19.9 Å². The molecule has 4 rings (SSSR count). The van der Waals surface area contributed by atoms with Gasteiger partial charge in [-0.05, 0) is 43.9 Å². The maximum absolute atomic E-state index is 12.6. The SMILES string of the molecule is CCCCOc1nc(N)c2c(n1)N(Cc1cccc(CN3CCCC3C)c1)N(C)C(=O)N2. The number of nitrogens with two attached hydrogens (primary N) is 1. The first kappa shape index (κ1) is 22.1. The number of carbonyl (C=O) groups is 1. The summed E-state index contributed by atoms with van der Waals surface area (Å²) in [4.78, 5) is 23.9. The van der Waals surface area contributed by atoms with Crippen LogP contribution < -0.4 is 20.8 Å². The maximum atomic E-state index is 12.6. The Labute approximate surface area is 189 Å². The lowest BCUT2D eigenvalue weighted by Crippen LogP contribution is -2.50. The molecule has 32 heavy (non-hydrogen) atoms. The number of benzene rings is 1. The van der Waals surface area contributed by atoms with Crippen molar-refractivity contribution in [1.29, 1.82) is 0 Å². The Kier molecular flexibility index (Phi) is 6.64. The predicted molar refractivity (Wildman–Crippen MR) is 125 cm³/mol. The van der Waals surface area contributed by atoms with Crippen molar-refractivity contribution < 1.29 is 9.53 Å². The first-order valence-corrected chi connectivity index (χ1v) is 11.4. The second-order valence-corrected chi connectivity index (χ2v) is 8.59. The number of nitrogens with zero attached hydrogens (tertiary/aromatic N) is 5. The number of rotatable bonds is 8. The van der Waals surface area contributed by atoms with Crippen LogP contribution in [-0.2, 0) is 13.1 Å². The van der Waals surface area contributed by atoms with Crippen molar-refractivity contribution in [3.05, 3.63) is 35.4 Å². The van der Waals surface area contributed by atoms with E-state index < -0.39 is 0 Å². The van der Waals surface area contributed by atoms with E-state index in [0.717, 1.165) is 31.5 Å². The highest BCUT2D eigenvalue weighted by Crippen LogP contribution is 2.35. The Morgan fingerprint density at radius 2 is 2.03 bits per heavy atom. The number of urea groups is 1. The lowest BCUT2D eigenvalue weighted by Gasteiger charge is -2.38. The number of fused-ring (bicyclic) bond motifs is 1. The van der Waals surface area contributed by atoms with E-state index in [1.165, 1.54) is 23.4 Å². The number of aromatic nitrogens is 2. The fraction of sp³-hybridized carbons (Fsp3) is 0.522. The summed E-state index contributed by atoms with van der Waals surface area (Å²) in [7, 11) is 1.71. The first-order chi connectivity index (χ1) is 15.5. The Bertz CT molecular complexity index is 967. The molecule has 1 aromatic carbocycles. The predicted octanol–water partition coefficient (Wildman–Crippen LogP) is 3.62. The number of amides is 2. The minimum absolute atomic E-state index is 0.199. The van der Waals surface area contributed by atoms with Crippen LogP contribution in [0.15, 0.2) is 24.3 Å². The van der Waals surface area contributed by atoms with Gasteiger partial charge in [0.05, 0.1) is 13.2 Å². The van der Waals surface area contributed by atoms with Crippen molar-refractivity contribution >= 4 is 23.4 Å². The van der Waals surface area contributed by atoms with Crippen molar-refractivity contribution in [2.75, 3.05) is 36.3 Å². The smallest absolute Gasteiger partial charge is 0.340 e. The summed E-state index contributed by atoms with van der Waals surface area (Å²) < 4.78 is 5.69. The molecule has 0 aliphatic carbocycles. The van der Waals surface area contributed by atoms with Gasteiger partial charge in [-0.2, -0.15) is 9.97 Å². The summed E-state index contributed by atoms with van der Waals surface area (Å²) in [5, 5.41) is 6.12. The van der Waals surface area contributed by atoms with Gasteiger partial charge in [0.25, 0.3) is 0 Å². The fourth-order valence-electron chi connectivity index (χ4n) is 4.21. The molecule has 1 fully saturated rings. The molecule has 1 aromatic heterocycles. The number of hydrogen-bond donors (Lipinski definition) is 2. The number of likely N-dealkylation sites (tertiary alicyclic amines) is 1. The number of hydrogen-bond acceptors (Lipinski definition) is 7. The van der Waals surface area contributed by atoms with E-state index in [1.54, 1.807) is 7.05 Å². The Morgan fingerprint density at radius 1 is 1.25 bits per heavy atom. The summed E-state index contributed by atoms with van der Waals surface area (Å²) in [6.45, 7) is 7.46. The molecule has 9 nitrogen and oxygen atoms in total. The highest BCUT2D eigenvalue weighted by molar-refractivity contribution is 5.99. The van der Waals surface area contributed by atoms with Gasteiger partial charge >= 0.3 is 12.0 Å². The van der Waals surface area contributed by atoms with E-state index in [2.05, 4.69) is 58.3 Å². The molecule has 3 N–H and O–H groups in total. The van der Waals surface area contributed by atoms with Gasteiger partial charge in [-0.1, -0.05) is 37.6 Å². The zero-order valence-electron chi connectivity index (χ0n) is 19.2. The average Bonchev–Trinajstić information content (AvgIpc) is 3.17. The third kappa shape index (κ3) is 4.72. The van der Waals surface area contributed by atoms with Crippen molar-refractivity contribution in [2.45, 2.75) is 58.7 Å². The molecule has 2 aliphatic rings. The number of anilines is 3. The number of ether oxygens (including phenoxy) is 1. The van der Waals surface area contributed by atoms with Gasteiger partial charge in [-0.15, -0.1) is 0 Å². The highest BCUT2D eigenvalue weighted by atomic mass is 16.5. The van der Waals surface area contributed by atoms with Crippen LogP contribution in [-0.4, -0.2) is 52.1 Å². The third-order valence-electron chi connectivity index (χ3n) is 6.16. The van der Waals surface area contributed by atoms with Gasteiger partial charge in [0.1, 0.15) is 5.69 Å². The van der Waals surface area contributed by atoms with Gasteiger partial charge in [0.15, 0.2) is 11.6 Å². The molecule has 0 spiro atoms. The van der Waals surface area contributed by atoms with Crippen molar-refractivity contribution in [3.8, 4) is 6.01 Å². The zero-order valence-corrected chi connectivity index (χ0v) is 19.2. The van der Waals surface area contributed by atoms with Crippen LogP contribution in [0.3, 0.4) is 0 Å². The highest BCUT2D eigenvalue weighted by Gasteiger charge is 2.31. The van der Waals surface area contributed by atoms with Gasteiger partial charge in [0, 0.05) is 19.6 Å². The normalized spacial score (nSPS) is 18.6. The Balaban J connectivity index is 1.58. The molecular formula is C23H33N7O2. The van der Waals surface area contributed by atoms with E-state index in [0.29, 0.717) is 30.7 Å². The largest absolute Gasteiger partial charge is 0.463 e. The third-order valence-corrected chi connectivity index (χ3v) is 6.16. The Hall–Kier alpha value is -3.07. The fourth-order valence-corrected chi connectivity index (χ4v) is 4.21. The van der Waals surface area contributed by atoms with E-state index in [4.69, 9.17) is 10.5 Å². The van der Waals surface area contributed by atoms with Gasteiger partial charge < -0.3 is 10.5 Å². The molecule has 9 heteroatoms. The van der Waals surface area contributed by atoms with Crippen LogP contribution in [0.25, 0.3) is 0 Å². The van der Waals surface area contributed by atoms with E-state index in [9.17, 15) is 4.79 Å². The molecule has 1 unspecified atom stereocenters. The van der Waals surface area contributed by atoms with Crippen LogP contribution in [0.2, 0.25) is 0 Å². The minimum atomic E-state index is -0.283. The summed E-state index contributed by atoms with van der Waals surface area (Å²) in [5.41, 5.74) is 8.92. The van der Waals surface area contributed by atoms with Crippen molar-refractivity contribution in [3.63, 3.8) is 0 Å². The molecular weight excluding hydrogens is 406 g/mol. The molecule has 0 saturated carbocycles. The zero-order chi connectivity index (χ0) is 22.7. The van der Waals surface area contributed by atoms with E-state index >= 15 is 0 Å². The summed E-state index contributed by atoms with van der Waals surface area (Å²) in [6, 6.07) is 9.07. The lowest BCUT2D eigenvalue weighted by molar-refractivity contribution is 0.214. The summed E-state index contributed by atoms with van der Waals surface area (Å²) >= 11 is 0. The molecule has 2 aromatic rings. The first-order valence-electron chi connectivity index (χ1n) is 11.4. The molecule has 0 radical (unpaired) electrons. The molecule has 172 valence electrons. The Morgan fingerprint density at radius 3 is 2.75 bits per heavy atom. The van der Waals surface area contributed by atoms with Crippen LogP contribution in [0, 0.1) is 0 Å². The molecule has 3 heterocycles. The number of unbranched alkanes of at least 4 members (excludes halogenated alkanes) is 1. The topological polar surface area (TPSA) is 99.8 Å². The monoisotopic (exact) mass is 439 g/mol. The molecule has 0 bridgehead atoms. The van der Waals surface area contributed by atoms with Crippen molar-refractivity contribution in [2.24, 2.45) is 0 Å². The molecule has 2 amide bonds. The number of nitrogen functional groups attached to an aromatic ring is 1. The van der Waals surface area contributed by atoms with Gasteiger partial charge in [-0.3, -0.25) is 15.2 Å². The number of nitrogens with one attached hydrogen (secondary N) is 1. The average molecular weight is 440 g/mol. The quantitative estimate of drug-likeness (QED) is 0.606. The molecule has 2 aliphatic heterocycles. The number of hydrazine groups is 1. The van der Waals surface area contributed by atoms with Gasteiger partial charge in [-0.25, -0.2) is 9.80 Å². The second-order valence-electron chi connectivity index (χ2n) is 8.59. The summed E-state index contributed by atoms with van der Waals surface area (Å²) in [6.07, 6.45) is 4.43. The standard InChI is InChI=1S/C23H33N7O2/c1-4-5-12-32-22-26-20(24)19-21(27-22)30(28(3)23(31)25-19)15-18-10-6-9-17(13-18)14-29-11-7-8-16(29)2/h6,9-10,13,16H,4-5,7-8,11-12,14-15H2,1-3H3,(H,25,31)(H2,24,26,27).